The largest absolute Gasteiger partial charge is 0.444 e. The van der Waals surface area contributed by atoms with E-state index in [9.17, 15) is 9.59 Å². The van der Waals surface area contributed by atoms with Gasteiger partial charge in [-0.15, -0.1) is 0 Å². The lowest BCUT2D eigenvalue weighted by Gasteiger charge is -2.32. The van der Waals surface area contributed by atoms with Crippen LogP contribution in [-0.4, -0.2) is 42.9 Å². The molecule has 2 N–H and O–H groups in total. The van der Waals surface area contributed by atoms with E-state index in [0.717, 1.165) is 32.5 Å². The topological polar surface area (TPSA) is 74.6 Å². The van der Waals surface area contributed by atoms with Crippen LogP contribution in [0.5, 0.6) is 0 Å². The van der Waals surface area contributed by atoms with E-state index in [1.807, 2.05) is 6.07 Å². The number of nitrogens with one attached hydrogen (secondary N) is 2. The first kappa shape index (κ1) is 19.6. The number of likely N-dealkylation sites (tertiary alicyclic amines) is 1. The Morgan fingerprint density at radius 2 is 1.96 bits per heavy atom. The summed E-state index contributed by atoms with van der Waals surface area (Å²) in [6.07, 6.45) is 2.25. The van der Waals surface area contributed by atoms with Gasteiger partial charge in [0.05, 0.1) is 6.54 Å². The molecule has 0 saturated carbocycles. The second-order valence-corrected chi connectivity index (χ2v) is 7.60. The predicted octanol–water partition coefficient (Wildman–Crippen LogP) is 2.80. The first-order valence-electron chi connectivity index (χ1n) is 9.16. The molecular weight excluding hydrogens is 410 g/mol. The Morgan fingerprint density at radius 3 is 2.70 bits per heavy atom. The van der Waals surface area contributed by atoms with Gasteiger partial charge in [-0.1, -0.05) is 30.3 Å². The van der Waals surface area contributed by atoms with E-state index in [-0.39, 0.29) is 18.2 Å². The average molecular weight is 434 g/mol. The molecule has 1 aromatic heterocycles. The maximum absolute atomic E-state index is 12.0. The number of hydrogen-bond donors (Lipinski definition) is 2. The van der Waals surface area contributed by atoms with Gasteiger partial charge in [-0.05, 0) is 58.9 Å². The Bertz CT molecular complexity index is 763. The van der Waals surface area contributed by atoms with E-state index in [0.29, 0.717) is 17.1 Å². The van der Waals surface area contributed by atoms with Gasteiger partial charge in [-0.2, -0.15) is 0 Å². The van der Waals surface area contributed by atoms with Crippen LogP contribution < -0.4 is 10.6 Å². The van der Waals surface area contributed by atoms with Crippen molar-refractivity contribution in [3.8, 4) is 0 Å². The van der Waals surface area contributed by atoms with Crippen molar-refractivity contribution in [1.82, 2.24) is 15.5 Å². The third kappa shape index (κ3) is 6.22. The fourth-order valence-corrected chi connectivity index (χ4v) is 3.61. The number of carbonyl (C=O) groups excluding carboxylic acids is 2. The van der Waals surface area contributed by atoms with E-state index < -0.39 is 5.91 Å². The van der Waals surface area contributed by atoms with Crippen LogP contribution >= 0.6 is 15.9 Å². The lowest BCUT2D eigenvalue weighted by atomic mass is 9.97. The van der Waals surface area contributed by atoms with Gasteiger partial charge < -0.3 is 15.1 Å². The number of piperidine rings is 1. The Labute approximate surface area is 167 Å². The zero-order valence-corrected chi connectivity index (χ0v) is 16.7. The highest BCUT2D eigenvalue weighted by Gasteiger charge is 2.20. The van der Waals surface area contributed by atoms with Crippen LogP contribution in [0, 0.1) is 5.92 Å². The fourth-order valence-electron chi connectivity index (χ4n) is 3.31. The monoisotopic (exact) mass is 433 g/mol. The van der Waals surface area contributed by atoms with E-state index >= 15 is 0 Å². The number of benzene rings is 1. The first-order chi connectivity index (χ1) is 13.1. The normalized spacial score (nSPS) is 17.4. The quantitative estimate of drug-likeness (QED) is 0.703. The standard InChI is InChI=1S/C20H24BrN3O3/c21-18-9-8-17(27-18)20(26)23-12-19(25)22-11-16-7-4-10-24(14-16)13-15-5-2-1-3-6-15/h1-3,5-6,8-9,16H,4,7,10-14H2,(H,22,25)(H,23,26). The SMILES string of the molecule is O=C(CNC(=O)c1ccc(Br)o1)NCC1CCCN(Cc2ccccc2)C1. The minimum absolute atomic E-state index is 0.0579. The molecule has 6 nitrogen and oxygen atoms in total. The zero-order chi connectivity index (χ0) is 19.1. The van der Waals surface area contributed by atoms with Gasteiger partial charge >= 0.3 is 0 Å². The van der Waals surface area contributed by atoms with Crippen LogP contribution in [0.2, 0.25) is 0 Å². The van der Waals surface area contributed by atoms with E-state index in [1.54, 1.807) is 12.1 Å². The highest BCUT2D eigenvalue weighted by atomic mass is 79.9. The van der Waals surface area contributed by atoms with Crippen LogP contribution in [0.25, 0.3) is 0 Å². The number of nitrogens with zero attached hydrogens (tertiary/aromatic N) is 1. The van der Waals surface area contributed by atoms with Gasteiger partial charge in [0.25, 0.3) is 5.91 Å². The fraction of sp³-hybridized carbons (Fsp3) is 0.400. The molecule has 144 valence electrons. The van der Waals surface area contributed by atoms with E-state index in [2.05, 4.69) is 55.7 Å². The summed E-state index contributed by atoms with van der Waals surface area (Å²) in [6.45, 7) is 3.58. The Hall–Kier alpha value is -2.12. The summed E-state index contributed by atoms with van der Waals surface area (Å²) in [7, 11) is 0. The third-order valence-electron chi connectivity index (χ3n) is 4.65. The van der Waals surface area contributed by atoms with Gasteiger partial charge in [-0.25, -0.2) is 0 Å². The number of furan rings is 1. The summed E-state index contributed by atoms with van der Waals surface area (Å²) in [5, 5.41) is 5.49. The number of amides is 2. The molecule has 2 aromatic rings. The molecule has 1 aromatic carbocycles. The third-order valence-corrected chi connectivity index (χ3v) is 5.07. The number of halogens is 1. The summed E-state index contributed by atoms with van der Waals surface area (Å²) in [4.78, 5) is 26.3. The van der Waals surface area contributed by atoms with Gasteiger partial charge in [0.2, 0.25) is 5.91 Å². The van der Waals surface area contributed by atoms with Crippen LogP contribution in [0.3, 0.4) is 0 Å². The van der Waals surface area contributed by atoms with Gasteiger partial charge in [0.1, 0.15) is 0 Å². The summed E-state index contributed by atoms with van der Waals surface area (Å²) in [5.41, 5.74) is 1.31. The molecule has 2 amide bonds. The van der Waals surface area contributed by atoms with Crippen molar-refractivity contribution in [3.05, 3.63) is 58.5 Å². The van der Waals surface area contributed by atoms with E-state index in [4.69, 9.17) is 4.42 Å². The van der Waals surface area contributed by atoms with Crippen LogP contribution in [0.4, 0.5) is 0 Å². The summed E-state index contributed by atoms with van der Waals surface area (Å²) in [6, 6.07) is 13.6. The molecular formula is C20H24BrN3O3. The Balaban J connectivity index is 1.37. The van der Waals surface area contributed by atoms with Gasteiger partial charge in [0.15, 0.2) is 10.4 Å². The molecule has 1 unspecified atom stereocenters. The molecule has 1 aliphatic heterocycles. The Morgan fingerprint density at radius 1 is 1.15 bits per heavy atom. The summed E-state index contributed by atoms with van der Waals surface area (Å²) >= 11 is 3.15. The first-order valence-corrected chi connectivity index (χ1v) is 9.96. The van der Waals surface area contributed by atoms with Crippen molar-refractivity contribution < 1.29 is 14.0 Å². The minimum Gasteiger partial charge on any atom is -0.444 e. The summed E-state index contributed by atoms with van der Waals surface area (Å²) < 4.78 is 5.64. The van der Waals surface area contributed by atoms with Crippen molar-refractivity contribution in [2.45, 2.75) is 19.4 Å². The predicted molar refractivity (Wildman–Crippen MR) is 106 cm³/mol. The highest BCUT2D eigenvalue weighted by molar-refractivity contribution is 9.10. The van der Waals surface area contributed by atoms with Crippen LogP contribution in [0.15, 0.2) is 51.6 Å². The molecule has 27 heavy (non-hydrogen) atoms. The molecule has 0 bridgehead atoms. The van der Waals surface area contributed by atoms with Crippen molar-refractivity contribution in [1.29, 1.82) is 0 Å². The maximum atomic E-state index is 12.0. The van der Waals surface area contributed by atoms with Gasteiger partial charge in [0, 0.05) is 19.6 Å². The van der Waals surface area contributed by atoms with Crippen LogP contribution in [-0.2, 0) is 11.3 Å². The second-order valence-electron chi connectivity index (χ2n) is 6.82. The van der Waals surface area contributed by atoms with Crippen molar-refractivity contribution in [2.24, 2.45) is 5.92 Å². The molecule has 1 fully saturated rings. The molecule has 3 rings (SSSR count). The van der Waals surface area contributed by atoms with Crippen LogP contribution in [0.1, 0.15) is 29.0 Å². The number of hydrogen-bond acceptors (Lipinski definition) is 4. The lowest BCUT2D eigenvalue weighted by molar-refractivity contribution is -0.120. The molecule has 1 aliphatic rings. The average Bonchev–Trinajstić information content (AvgIpc) is 3.12. The summed E-state index contributed by atoms with van der Waals surface area (Å²) in [5.74, 6) is 0.0263. The molecule has 1 atom stereocenters. The number of rotatable bonds is 7. The highest BCUT2D eigenvalue weighted by Crippen LogP contribution is 2.18. The van der Waals surface area contributed by atoms with Crippen molar-refractivity contribution in [3.63, 3.8) is 0 Å². The number of carbonyl (C=O) groups is 2. The molecule has 7 heteroatoms. The smallest absolute Gasteiger partial charge is 0.287 e. The molecule has 1 saturated heterocycles. The molecule has 0 aliphatic carbocycles. The van der Waals surface area contributed by atoms with Crippen molar-refractivity contribution in [2.75, 3.05) is 26.2 Å². The maximum Gasteiger partial charge on any atom is 0.287 e. The molecule has 0 spiro atoms. The zero-order valence-electron chi connectivity index (χ0n) is 15.1. The molecule has 2 heterocycles. The second kappa shape index (κ2) is 9.71. The lowest BCUT2D eigenvalue weighted by Crippen LogP contribution is -2.43. The van der Waals surface area contributed by atoms with Gasteiger partial charge in [-0.3, -0.25) is 14.5 Å². The minimum atomic E-state index is -0.400. The van der Waals surface area contributed by atoms with E-state index in [1.165, 1.54) is 5.56 Å². The molecule has 0 radical (unpaired) electrons. The Kier molecular flexibility index (Phi) is 7.06. The van der Waals surface area contributed by atoms with Crippen molar-refractivity contribution >= 4 is 27.7 Å².